The van der Waals surface area contributed by atoms with Crippen LogP contribution in [0, 0.1) is 0 Å². The van der Waals surface area contributed by atoms with Gasteiger partial charge in [0.25, 0.3) is 5.91 Å². The number of amides is 1. The van der Waals surface area contributed by atoms with Crippen LogP contribution in [0.4, 0.5) is 0 Å². The molecule has 2 N–H and O–H groups in total. The second kappa shape index (κ2) is 15.7. The number of pyridine rings is 2. The third kappa shape index (κ3) is 8.55. The number of nitrogens with zero attached hydrogens (tertiary/aromatic N) is 3. The van der Waals surface area contributed by atoms with Crippen LogP contribution in [0.5, 0.6) is 0 Å². The minimum atomic E-state index is -0.538. The summed E-state index contributed by atoms with van der Waals surface area (Å²) in [5.74, 6) is -0.160. The van der Waals surface area contributed by atoms with Gasteiger partial charge in [0.15, 0.2) is 6.29 Å². The molecule has 1 aliphatic rings. The van der Waals surface area contributed by atoms with Gasteiger partial charge < -0.3 is 24.8 Å². The number of aliphatic hydroxyl groups excluding tert-OH is 1. The van der Waals surface area contributed by atoms with Crippen LogP contribution in [0.2, 0.25) is 0 Å². The molecule has 1 fully saturated rings. The van der Waals surface area contributed by atoms with E-state index in [1.165, 1.54) is 0 Å². The Morgan fingerprint density at radius 1 is 0.894 bits per heavy atom. The fourth-order valence-electron chi connectivity index (χ4n) is 5.87. The van der Waals surface area contributed by atoms with Crippen LogP contribution >= 0.6 is 0 Å². The van der Waals surface area contributed by atoms with Crippen molar-refractivity contribution in [2.24, 2.45) is 0 Å². The number of carbonyl (C=O) groups excluding carboxylic acids is 1. The number of rotatable bonds is 12. The fraction of sp³-hybridized carbons (Fsp3) is 0.256. The quantitative estimate of drug-likeness (QED) is 0.168. The van der Waals surface area contributed by atoms with Crippen molar-refractivity contribution in [1.82, 2.24) is 20.2 Å². The van der Waals surface area contributed by atoms with E-state index in [4.69, 9.17) is 9.47 Å². The van der Waals surface area contributed by atoms with Gasteiger partial charge in [-0.25, -0.2) is 0 Å². The lowest BCUT2D eigenvalue weighted by atomic mass is 9.97. The molecular formula is C39H40N4O4. The lowest BCUT2D eigenvalue weighted by Crippen LogP contribution is -2.38. The predicted octanol–water partition coefficient (Wildman–Crippen LogP) is 6.29. The number of carbonyl (C=O) groups is 1. The molecule has 8 heteroatoms. The first-order valence-corrected chi connectivity index (χ1v) is 16.0. The Bertz CT molecular complexity index is 1720. The van der Waals surface area contributed by atoms with Crippen molar-refractivity contribution in [2.45, 2.75) is 44.5 Å². The summed E-state index contributed by atoms with van der Waals surface area (Å²) in [6, 6.07) is 33.8. The number of aromatic nitrogens is 2. The standard InChI is InChI=1S/C39H40N4O4/c1-43(22-19-34-9-4-5-21-41-34)26-35-23-37(30-13-11-28(27-44)12-14-30)47-39(46-35)31-17-15-29(16-18-31)36-10-3-2-7-32(36)25-42-38(45)33-8-6-20-40-24-33/h2-18,20-21,24,35,37,39,44H,19,22-23,25-27H2,1H3,(H,42,45)/t35-,37+,39+/m0/s1. The topological polar surface area (TPSA) is 96.8 Å². The predicted molar refractivity (Wildman–Crippen MR) is 181 cm³/mol. The number of benzene rings is 3. The Hall–Kier alpha value is -4.73. The summed E-state index contributed by atoms with van der Waals surface area (Å²) in [6.45, 7) is 2.03. The summed E-state index contributed by atoms with van der Waals surface area (Å²) in [5, 5.41) is 12.6. The Balaban J connectivity index is 1.16. The SMILES string of the molecule is CN(CCc1ccccn1)C[C@@H]1C[C@H](c2ccc(CO)cc2)O[C@H](c2ccc(-c3ccccc3CNC(=O)c3cccnc3)cc2)O1. The van der Waals surface area contributed by atoms with Crippen LogP contribution in [0.25, 0.3) is 11.1 Å². The van der Waals surface area contributed by atoms with Crippen LogP contribution in [0.15, 0.2) is 122 Å². The highest BCUT2D eigenvalue weighted by Crippen LogP contribution is 2.38. The highest BCUT2D eigenvalue weighted by Gasteiger charge is 2.32. The lowest BCUT2D eigenvalue weighted by Gasteiger charge is -2.38. The summed E-state index contributed by atoms with van der Waals surface area (Å²) in [7, 11) is 2.12. The van der Waals surface area contributed by atoms with Gasteiger partial charge in [-0.15, -0.1) is 0 Å². The Morgan fingerprint density at radius 3 is 2.43 bits per heavy atom. The maximum atomic E-state index is 12.6. The van der Waals surface area contributed by atoms with Crippen molar-refractivity contribution in [3.63, 3.8) is 0 Å². The van der Waals surface area contributed by atoms with Gasteiger partial charge in [0.1, 0.15) is 0 Å². The van der Waals surface area contributed by atoms with Crippen LogP contribution in [0.3, 0.4) is 0 Å². The molecule has 5 aromatic rings. The highest BCUT2D eigenvalue weighted by molar-refractivity contribution is 5.93. The highest BCUT2D eigenvalue weighted by atomic mass is 16.7. The fourth-order valence-corrected chi connectivity index (χ4v) is 5.87. The van der Waals surface area contributed by atoms with Gasteiger partial charge in [-0.05, 0) is 59.1 Å². The first kappa shape index (κ1) is 32.2. The number of aliphatic hydroxyl groups is 1. The first-order chi connectivity index (χ1) is 23.1. The normalized spacial score (nSPS) is 17.8. The van der Waals surface area contributed by atoms with Gasteiger partial charge in [0.2, 0.25) is 0 Å². The summed E-state index contributed by atoms with van der Waals surface area (Å²) in [6.07, 6.45) is 5.90. The molecule has 0 bridgehead atoms. The van der Waals surface area contributed by atoms with Gasteiger partial charge in [0.05, 0.1) is 24.4 Å². The summed E-state index contributed by atoms with van der Waals surface area (Å²) in [5.41, 5.74) is 7.58. The largest absolute Gasteiger partial charge is 0.392 e. The molecule has 0 unspecified atom stereocenters. The van der Waals surface area contributed by atoms with Crippen molar-refractivity contribution in [3.05, 3.63) is 155 Å². The molecule has 240 valence electrons. The first-order valence-electron chi connectivity index (χ1n) is 16.0. The van der Waals surface area contributed by atoms with E-state index in [2.05, 4.69) is 63.6 Å². The minimum Gasteiger partial charge on any atom is -0.392 e. The maximum Gasteiger partial charge on any atom is 0.253 e. The number of nitrogens with one attached hydrogen (secondary N) is 1. The number of hydrogen-bond donors (Lipinski definition) is 2. The van der Waals surface area contributed by atoms with E-state index in [0.717, 1.165) is 65.0 Å². The van der Waals surface area contributed by atoms with Gasteiger partial charge in [-0.2, -0.15) is 0 Å². The van der Waals surface area contributed by atoms with Gasteiger partial charge in [0, 0.05) is 62.3 Å². The number of likely N-dealkylation sites (N-methyl/N-ethyl adjacent to an activating group) is 1. The molecule has 0 spiro atoms. The summed E-state index contributed by atoms with van der Waals surface area (Å²) < 4.78 is 13.2. The van der Waals surface area contributed by atoms with E-state index < -0.39 is 6.29 Å². The van der Waals surface area contributed by atoms with Gasteiger partial charge >= 0.3 is 0 Å². The van der Waals surface area contributed by atoms with E-state index in [1.54, 1.807) is 24.5 Å². The second-order valence-corrected chi connectivity index (χ2v) is 11.9. The van der Waals surface area contributed by atoms with E-state index in [9.17, 15) is 9.90 Å². The van der Waals surface area contributed by atoms with Crippen LogP contribution in [-0.2, 0) is 29.0 Å². The zero-order chi connectivity index (χ0) is 32.4. The van der Waals surface area contributed by atoms with Crippen molar-refractivity contribution in [2.75, 3.05) is 20.1 Å². The molecule has 8 nitrogen and oxygen atoms in total. The Morgan fingerprint density at radius 2 is 1.68 bits per heavy atom. The van der Waals surface area contributed by atoms with Gasteiger partial charge in [-0.1, -0.05) is 78.9 Å². The van der Waals surface area contributed by atoms with Crippen molar-refractivity contribution < 1.29 is 19.4 Å². The Labute approximate surface area is 276 Å². The molecule has 3 atom stereocenters. The molecule has 3 heterocycles. The molecule has 2 aromatic heterocycles. The van der Waals surface area contributed by atoms with E-state index in [0.29, 0.717) is 12.1 Å². The number of hydrogen-bond acceptors (Lipinski definition) is 7. The van der Waals surface area contributed by atoms with Crippen molar-refractivity contribution in [3.8, 4) is 11.1 Å². The molecule has 0 saturated carbocycles. The average Bonchev–Trinajstić information content (AvgIpc) is 3.14. The number of ether oxygens (including phenoxy) is 2. The lowest BCUT2D eigenvalue weighted by molar-refractivity contribution is -0.252. The molecule has 6 rings (SSSR count). The maximum absolute atomic E-state index is 12.6. The third-order valence-corrected chi connectivity index (χ3v) is 8.48. The minimum absolute atomic E-state index is 0.00752. The average molecular weight is 629 g/mol. The van der Waals surface area contributed by atoms with Crippen LogP contribution in [-0.4, -0.2) is 52.1 Å². The molecule has 0 aliphatic carbocycles. The zero-order valence-electron chi connectivity index (χ0n) is 26.5. The molecular weight excluding hydrogens is 588 g/mol. The molecule has 3 aromatic carbocycles. The van der Waals surface area contributed by atoms with E-state index >= 15 is 0 Å². The van der Waals surface area contributed by atoms with Crippen LogP contribution < -0.4 is 5.32 Å². The van der Waals surface area contributed by atoms with Gasteiger partial charge in [-0.3, -0.25) is 14.8 Å². The van der Waals surface area contributed by atoms with E-state index in [1.807, 2.05) is 60.8 Å². The second-order valence-electron chi connectivity index (χ2n) is 11.9. The van der Waals surface area contributed by atoms with E-state index in [-0.39, 0.29) is 24.7 Å². The van der Waals surface area contributed by atoms with Crippen molar-refractivity contribution in [1.29, 1.82) is 0 Å². The van der Waals surface area contributed by atoms with Crippen molar-refractivity contribution >= 4 is 5.91 Å². The monoisotopic (exact) mass is 628 g/mol. The Kier molecular flexibility index (Phi) is 10.8. The molecule has 1 amide bonds. The molecule has 0 radical (unpaired) electrons. The zero-order valence-corrected chi connectivity index (χ0v) is 26.5. The third-order valence-electron chi connectivity index (χ3n) is 8.48. The molecule has 47 heavy (non-hydrogen) atoms. The molecule has 1 aliphatic heterocycles. The summed E-state index contributed by atoms with van der Waals surface area (Å²) in [4.78, 5) is 23.4. The summed E-state index contributed by atoms with van der Waals surface area (Å²) >= 11 is 0. The smallest absolute Gasteiger partial charge is 0.253 e. The molecule has 1 saturated heterocycles. The van der Waals surface area contributed by atoms with Crippen LogP contribution in [0.1, 0.15) is 57.1 Å².